The van der Waals surface area contributed by atoms with E-state index in [1.54, 1.807) is 6.08 Å². The predicted octanol–water partition coefficient (Wildman–Crippen LogP) is 3.67. The molecule has 0 amide bonds. The fourth-order valence-corrected chi connectivity index (χ4v) is 0.989. The van der Waals surface area contributed by atoms with Crippen LogP contribution < -0.4 is 0 Å². The molecule has 100 valence electrons. The molecule has 0 aromatic heterocycles. The third-order valence-corrected chi connectivity index (χ3v) is 2.09. The lowest BCUT2D eigenvalue weighted by Gasteiger charge is -1.93. The zero-order valence-electron chi connectivity index (χ0n) is 10.4. The lowest BCUT2D eigenvalue weighted by Crippen LogP contribution is -1.96. The second-order valence-electron chi connectivity index (χ2n) is 3.43. The van der Waals surface area contributed by atoms with Crippen LogP contribution >= 0.6 is 11.6 Å². The summed E-state index contributed by atoms with van der Waals surface area (Å²) >= 11 is 4.71. The van der Waals surface area contributed by atoms with Gasteiger partial charge in [0.25, 0.3) is 0 Å². The molecule has 0 aliphatic carbocycles. The molecule has 19 heavy (non-hydrogen) atoms. The minimum Gasteiger partial charge on any atom is -0.478 e. The minimum absolute atomic E-state index is 0.206. The van der Waals surface area contributed by atoms with Gasteiger partial charge in [-0.25, -0.2) is 4.79 Å². The zero-order chi connectivity index (χ0) is 14.7. The van der Waals surface area contributed by atoms with E-state index in [1.807, 2.05) is 36.4 Å². The maximum absolute atomic E-state index is 10.4. The van der Waals surface area contributed by atoms with Crippen LogP contribution in [0.15, 0.2) is 61.2 Å². The van der Waals surface area contributed by atoms with Gasteiger partial charge in [-0.2, -0.15) is 0 Å². The number of hydrogen-bond donors (Lipinski definition) is 1. The third-order valence-electron chi connectivity index (χ3n) is 1.94. The predicted molar refractivity (Wildman–Crippen MR) is 77.9 cm³/mol. The first kappa shape index (κ1) is 16.9. The summed E-state index contributed by atoms with van der Waals surface area (Å²) in [5.74, 6) is -0.942. The van der Waals surface area contributed by atoms with Crippen LogP contribution in [0.2, 0.25) is 0 Å². The number of carboxylic acids is 1. The van der Waals surface area contributed by atoms with Crippen LogP contribution in [-0.4, -0.2) is 16.3 Å². The van der Waals surface area contributed by atoms with Crippen molar-refractivity contribution in [3.8, 4) is 0 Å². The number of allylic oxidation sites excluding steroid dienone is 2. The van der Waals surface area contributed by atoms with Crippen molar-refractivity contribution in [3.05, 3.63) is 66.8 Å². The summed E-state index contributed by atoms with van der Waals surface area (Å²) in [7, 11) is 0. The highest BCUT2D eigenvalue weighted by Crippen LogP contribution is 2.05. The van der Waals surface area contributed by atoms with Crippen LogP contribution in [0.5, 0.6) is 0 Å². The molecule has 0 saturated heterocycles. The van der Waals surface area contributed by atoms with E-state index in [2.05, 4.69) is 13.2 Å². The molecule has 1 rings (SSSR count). The van der Waals surface area contributed by atoms with Gasteiger partial charge in [-0.3, -0.25) is 4.79 Å². The molecule has 0 spiro atoms. The van der Waals surface area contributed by atoms with E-state index in [-0.39, 0.29) is 5.57 Å². The Morgan fingerprint density at radius 3 is 2.21 bits per heavy atom. The molecule has 0 atom stereocenters. The van der Waals surface area contributed by atoms with E-state index in [0.717, 1.165) is 11.6 Å². The second kappa shape index (κ2) is 9.85. The lowest BCUT2D eigenvalue weighted by atomic mass is 10.1. The molecule has 0 aliphatic rings. The molecule has 4 heteroatoms. The van der Waals surface area contributed by atoms with Gasteiger partial charge < -0.3 is 5.11 Å². The summed E-state index contributed by atoms with van der Waals surface area (Å²) in [6.45, 7) is 6.51. The topological polar surface area (TPSA) is 54.4 Å². The van der Waals surface area contributed by atoms with Gasteiger partial charge in [-0.05, 0) is 29.7 Å². The van der Waals surface area contributed by atoms with Gasteiger partial charge in [0.1, 0.15) is 0 Å². The SMILES string of the molecule is C=C(CC=Cc1ccccc1)C(=O)O.C=CC(=O)Cl. The van der Waals surface area contributed by atoms with Crippen LogP contribution in [0.1, 0.15) is 12.0 Å². The van der Waals surface area contributed by atoms with Gasteiger partial charge in [0.15, 0.2) is 0 Å². The first-order valence-corrected chi connectivity index (χ1v) is 5.79. The molecular weight excluding hydrogens is 264 g/mol. The Bertz CT molecular complexity index is 475. The second-order valence-corrected chi connectivity index (χ2v) is 3.81. The average Bonchev–Trinajstić information content (AvgIpc) is 2.40. The quantitative estimate of drug-likeness (QED) is 0.660. The molecule has 0 bridgehead atoms. The van der Waals surface area contributed by atoms with Gasteiger partial charge in [0.05, 0.1) is 0 Å². The Kier molecular flexibility index (Phi) is 8.75. The fraction of sp³-hybridized carbons (Fsp3) is 0.0667. The Morgan fingerprint density at radius 1 is 1.26 bits per heavy atom. The molecule has 3 nitrogen and oxygen atoms in total. The highest BCUT2D eigenvalue weighted by Gasteiger charge is 1.99. The number of aliphatic carboxylic acids is 1. The maximum atomic E-state index is 10.4. The van der Waals surface area contributed by atoms with Crippen molar-refractivity contribution in [2.45, 2.75) is 6.42 Å². The summed E-state index contributed by atoms with van der Waals surface area (Å²) in [5.41, 5.74) is 1.27. The van der Waals surface area contributed by atoms with E-state index in [4.69, 9.17) is 16.7 Å². The van der Waals surface area contributed by atoms with Crippen molar-refractivity contribution in [1.82, 2.24) is 0 Å². The van der Waals surface area contributed by atoms with Crippen molar-refractivity contribution in [1.29, 1.82) is 0 Å². The summed E-state index contributed by atoms with van der Waals surface area (Å²) in [5, 5.41) is 8.04. The molecule has 1 aromatic rings. The monoisotopic (exact) mass is 278 g/mol. The number of benzene rings is 1. The Labute approximate surface area is 117 Å². The third kappa shape index (κ3) is 9.56. The van der Waals surface area contributed by atoms with E-state index in [9.17, 15) is 9.59 Å². The number of hydrogen-bond acceptors (Lipinski definition) is 2. The Morgan fingerprint density at radius 2 is 1.79 bits per heavy atom. The van der Waals surface area contributed by atoms with Crippen molar-refractivity contribution in [3.63, 3.8) is 0 Å². The number of halogens is 1. The summed E-state index contributed by atoms with van der Waals surface area (Å²) in [6.07, 6.45) is 5.10. The van der Waals surface area contributed by atoms with Crippen LogP contribution in [0.4, 0.5) is 0 Å². The molecule has 0 unspecified atom stereocenters. The van der Waals surface area contributed by atoms with Crippen molar-refractivity contribution in [2.75, 3.05) is 0 Å². The van der Waals surface area contributed by atoms with Crippen LogP contribution in [0, 0.1) is 0 Å². The molecule has 0 saturated carbocycles. The van der Waals surface area contributed by atoms with E-state index in [1.165, 1.54) is 0 Å². The standard InChI is InChI=1S/C12H12O2.C3H3ClO/c1-10(12(13)14)6-5-9-11-7-3-2-4-8-11;1-2-3(4)5/h2-5,7-9H,1,6H2,(H,13,14);2H,1H2. The van der Waals surface area contributed by atoms with Crippen molar-refractivity contribution < 1.29 is 14.7 Å². The van der Waals surface area contributed by atoms with Crippen LogP contribution in [-0.2, 0) is 9.59 Å². The van der Waals surface area contributed by atoms with E-state index in [0.29, 0.717) is 6.42 Å². The molecular formula is C15H15ClO3. The first-order chi connectivity index (χ1) is 8.97. The van der Waals surface area contributed by atoms with E-state index < -0.39 is 11.2 Å². The maximum Gasteiger partial charge on any atom is 0.331 e. The molecule has 0 aliphatic heterocycles. The molecule has 0 fully saturated rings. The van der Waals surface area contributed by atoms with Crippen LogP contribution in [0.3, 0.4) is 0 Å². The van der Waals surface area contributed by atoms with Crippen molar-refractivity contribution >= 4 is 28.9 Å². The summed E-state index contributed by atoms with van der Waals surface area (Å²) in [6, 6.07) is 9.73. The molecule has 1 aromatic carbocycles. The number of carbonyl (C=O) groups is 2. The van der Waals surface area contributed by atoms with Gasteiger partial charge in [0, 0.05) is 5.57 Å². The summed E-state index contributed by atoms with van der Waals surface area (Å²) in [4.78, 5) is 19.9. The van der Waals surface area contributed by atoms with Crippen molar-refractivity contribution in [2.24, 2.45) is 0 Å². The molecule has 0 radical (unpaired) electrons. The largest absolute Gasteiger partial charge is 0.478 e. The highest BCUT2D eigenvalue weighted by atomic mass is 35.5. The minimum atomic E-state index is -0.942. The number of carboxylic acid groups (broad SMARTS) is 1. The summed E-state index contributed by atoms with van der Waals surface area (Å²) < 4.78 is 0. The van der Waals surface area contributed by atoms with E-state index >= 15 is 0 Å². The number of rotatable bonds is 5. The smallest absolute Gasteiger partial charge is 0.331 e. The van der Waals surface area contributed by atoms with Gasteiger partial charge in [-0.15, -0.1) is 0 Å². The lowest BCUT2D eigenvalue weighted by molar-refractivity contribution is -0.132. The normalized spacial score (nSPS) is 9.32. The Balaban J connectivity index is 0.000000555. The number of carbonyl (C=O) groups excluding carboxylic acids is 1. The van der Waals surface area contributed by atoms with Gasteiger partial charge in [0.2, 0.25) is 5.24 Å². The Hall–Kier alpha value is -2.13. The van der Waals surface area contributed by atoms with Crippen LogP contribution in [0.25, 0.3) is 6.08 Å². The average molecular weight is 279 g/mol. The fourth-order valence-electron chi connectivity index (χ4n) is 0.989. The molecule has 0 heterocycles. The van der Waals surface area contributed by atoms with Gasteiger partial charge in [-0.1, -0.05) is 55.6 Å². The first-order valence-electron chi connectivity index (χ1n) is 5.42. The zero-order valence-corrected chi connectivity index (χ0v) is 11.1. The van der Waals surface area contributed by atoms with Gasteiger partial charge >= 0.3 is 5.97 Å². The molecule has 1 N–H and O–H groups in total. The highest BCUT2D eigenvalue weighted by molar-refractivity contribution is 6.66.